The minimum atomic E-state index is -0.657. The molecule has 0 aromatic heterocycles. The highest BCUT2D eigenvalue weighted by Gasteiger charge is 2.13. The molecule has 44 valence electrons. The maximum Gasteiger partial charge on any atom is 0.266 e. The number of carbonyl (C=O) groups excluding carboxylic acids is 1. The molecular weight excluding hydrogens is 116 g/mol. The van der Waals surface area contributed by atoms with Gasteiger partial charge in [-0.3, -0.25) is 4.79 Å². The summed E-state index contributed by atoms with van der Waals surface area (Å²) in [6.07, 6.45) is 4.50. The van der Waals surface area contributed by atoms with Gasteiger partial charge in [-0.05, 0) is 6.08 Å². The average molecular weight is 120 g/mol. The zero-order chi connectivity index (χ0) is 6.69. The number of dihydropyridines is 1. The fourth-order valence-electron chi connectivity index (χ4n) is 0.538. The van der Waals surface area contributed by atoms with Crippen LogP contribution in [0.4, 0.5) is 0 Å². The molecule has 1 amide bonds. The second-order valence-electron chi connectivity index (χ2n) is 1.61. The van der Waals surface area contributed by atoms with Crippen LogP contribution in [0.5, 0.6) is 0 Å². The maximum absolute atomic E-state index is 10.6. The third-order valence-electron chi connectivity index (χ3n) is 0.997. The van der Waals surface area contributed by atoms with E-state index in [0.29, 0.717) is 0 Å². The van der Waals surface area contributed by atoms with E-state index in [1.807, 2.05) is 0 Å². The van der Waals surface area contributed by atoms with Gasteiger partial charge in [0.05, 0.1) is 6.07 Å². The van der Waals surface area contributed by atoms with Gasteiger partial charge in [0, 0.05) is 6.21 Å². The van der Waals surface area contributed by atoms with Crippen LogP contribution in [0, 0.1) is 17.2 Å². The Hall–Kier alpha value is -1.43. The van der Waals surface area contributed by atoms with Crippen molar-refractivity contribution in [3.05, 3.63) is 12.2 Å². The average Bonchev–Trinajstić information content (AvgIpc) is 1.89. The van der Waals surface area contributed by atoms with Gasteiger partial charge in [-0.1, -0.05) is 6.08 Å². The molecule has 1 heterocycles. The first-order chi connectivity index (χ1) is 4.34. The van der Waals surface area contributed by atoms with Crippen molar-refractivity contribution in [2.75, 3.05) is 0 Å². The van der Waals surface area contributed by atoms with Gasteiger partial charge in [-0.15, -0.1) is 0 Å². The molecule has 0 aliphatic carbocycles. The van der Waals surface area contributed by atoms with Crippen molar-refractivity contribution < 1.29 is 4.79 Å². The van der Waals surface area contributed by atoms with E-state index in [1.54, 1.807) is 12.1 Å². The summed E-state index contributed by atoms with van der Waals surface area (Å²) in [5, 5.41) is 8.27. The molecule has 1 atom stereocenters. The van der Waals surface area contributed by atoms with Crippen LogP contribution >= 0.6 is 0 Å². The third kappa shape index (κ3) is 1.03. The van der Waals surface area contributed by atoms with Gasteiger partial charge >= 0.3 is 0 Å². The van der Waals surface area contributed by atoms with E-state index in [1.165, 1.54) is 12.3 Å². The molecule has 0 radical (unpaired) electrons. The van der Waals surface area contributed by atoms with E-state index in [4.69, 9.17) is 5.26 Å². The minimum absolute atomic E-state index is 0.375. The quantitative estimate of drug-likeness (QED) is 0.461. The highest BCUT2D eigenvalue weighted by molar-refractivity contribution is 5.95. The van der Waals surface area contributed by atoms with Gasteiger partial charge in [0.2, 0.25) is 0 Å². The zero-order valence-corrected chi connectivity index (χ0v) is 4.61. The Morgan fingerprint density at radius 1 is 1.78 bits per heavy atom. The predicted molar refractivity (Wildman–Crippen MR) is 31.7 cm³/mol. The largest absolute Gasteiger partial charge is 0.271 e. The summed E-state index contributed by atoms with van der Waals surface area (Å²) in [4.78, 5) is 14.0. The molecule has 0 fully saturated rings. The van der Waals surface area contributed by atoms with E-state index >= 15 is 0 Å². The van der Waals surface area contributed by atoms with Gasteiger partial charge in [0.1, 0.15) is 5.92 Å². The van der Waals surface area contributed by atoms with Crippen molar-refractivity contribution in [3.63, 3.8) is 0 Å². The van der Waals surface area contributed by atoms with Gasteiger partial charge in [-0.25, -0.2) is 4.99 Å². The van der Waals surface area contributed by atoms with Crippen LogP contribution < -0.4 is 0 Å². The summed E-state index contributed by atoms with van der Waals surface area (Å²) >= 11 is 0. The molecule has 0 unspecified atom stereocenters. The number of nitrogens with zero attached hydrogens (tertiary/aromatic N) is 2. The molecule has 0 spiro atoms. The molecular formula is C6H4N2O. The topological polar surface area (TPSA) is 53.2 Å². The van der Waals surface area contributed by atoms with E-state index < -0.39 is 5.92 Å². The number of carbonyl (C=O) groups is 1. The van der Waals surface area contributed by atoms with Crippen molar-refractivity contribution in [3.8, 4) is 6.07 Å². The van der Waals surface area contributed by atoms with Crippen LogP contribution in [0.3, 0.4) is 0 Å². The van der Waals surface area contributed by atoms with Crippen LogP contribution in [0.15, 0.2) is 17.1 Å². The standard InChI is InChI=1S/C6H4N2O/c7-4-5-2-1-3-8-6(5)9/h1-3,5H/t5-/m0/s1. The van der Waals surface area contributed by atoms with E-state index in [0.717, 1.165) is 0 Å². The van der Waals surface area contributed by atoms with Crippen molar-refractivity contribution in [2.45, 2.75) is 0 Å². The van der Waals surface area contributed by atoms with E-state index in [9.17, 15) is 4.79 Å². The number of allylic oxidation sites excluding steroid dienone is 1. The predicted octanol–water partition coefficient (Wildman–Crippen LogP) is 0.293. The lowest BCUT2D eigenvalue weighted by Gasteiger charge is -1.98. The molecule has 3 nitrogen and oxygen atoms in total. The molecule has 1 rings (SSSR count). The van der Waals surface area contributed by atoms with Crippen LogP contribution in [0.2, 0.25) is 0 Å². The summed E-state index contributed by atoms with van der Waals surface area (Å²) < 4.78 is 0. The number of hydrogen-bond donors (Lipinski definition) is 0. The minimum Gasteiger partial charge on any atom is -0.271 e. The first-order valence-electron chi connectivity index (χ1n) is 2.49. The second kappa shape index (κ2) is 2.23. The van der Waals surface area contributed by atoms with Crippen LogP contribution in [-0.4, -0.2) is 12.1 Å². The summed E-state index contributed by atoms with van der Waals surface area (Å²) in [5.74, 6) is -1.03. The molecule has 1 aliphatic heterocycles. The van der Waals surface area contributed by atoms with E-state index in [-0.39, 0.29) is 5.91 Å². The Labute approximate surface area is 52.3 Å². The summed E-state index contributed by atoms with van der Waals surface area (Å²) in [6, 6.07) is 1.80. The van der Waals surface area contributed by atoms with Gasteiger partial charge in [0.25, 0.3) is 5.91 Å². The molecule has 0 N–H and O–H groups in total. The maximum atomic E-state index is 10.6. The Morgan fingerprint density at radius 2 is 2.56 bits per heavy atom. The Bertz CT molecular complexity index is 222. The monoisotopic (exact) mass is 120 g/mol. The fraction of sp³-hybridized carbons (Fsp3) is 0.167. The first-order valence-corrected chi connectivity index (χ1v) is 2.49. The second-order valence-corrected chi connectivity index (χ2v) is 1.61. The normalized spacial score (nSPS) is 23.9. The number of hydrogen-bond acceptors (Lipinski definition) is 2. The highest BCUT2D eigenvalue weighted by Crippen LogP contribution is 2.02. The first kappa shape index (κ1) is 5.70. The summed E-state index contributed by atoms with van der Waals surface area (Å²) in [7, 11) is 0. The summed E-state index contributed by atoms with van der Waals surface area (Å²) in [6.45, 7) is 0. The fourth-order valence-corrected chi connectivity index (χ4v) is 0.538. The molecule has 0 saturated carbocycles. The lowest BCUT2D eigenvalue weighted by atomic mass is 10.1. The number of aliphatic imine (C=N–C) groups is 1. The third-order valence-corrected chi connectivity index (χ3v) is 0.997. The SMILES string of the molecule is N#C[C@@H]1C=CC=NC1=O. The lowest BCUT2D eigenvalue weighted by Crippen LogP contribution is -2.09. The molecule has 0 saturated heterocycles. The zero-order valence-electron chi connectivity index (χ0n) is 4.61. The Kier molecular flexibility index (Phi) is 1.41. The highest BCUT2D eigenvalue weighted by atomic mass is 16.1. The van der Waals surface area contributed by atoms with Crippen molar-refractivity contribution in [1.29, 1.82) is 5.26 Å². The van der Waals surface area contributed by atoms with Crippen LogP contribution in [-0.2, 0) is 4.79 Å². The molecule has 1 aliphatic rings. The number of amides is 1. The van der Waals surface area contributed by atoms with Crippen molar-refractivity contribution in [1.82, 2.24) is 0 Å². The Morgan fingerprint density at radius 3 is 3.00 bits per heavy atom. The van der Waals surface area contributed by atoms with E-state index in [2.05, 4.69) is 4.99 Å². The molecule has 0 bridgehead atoms. The van der Waals surface area contributed by atoms with Gasteiger partial charge < -0.3 is 0 Å². The summed E-state index contributed by atoms with van der Waals surface area (Å²) in [5.41, 5.74) is 0. The molecule has 0 aromatic carbocycles. The lowest BCUT2D eigenvalue weighted by molar-refractivity contribution is -0.118. The smallest absolute Gasteiger partial charge is 0.266 e. The van der Waals surface area contributed by atoms with Gasteiger partial charge in [0.15, 0.2) is 0 Å². The van der Waals surface area contributed by atoms with Crippen molar-refractivity contribution >= 4 is 12.1 Å². The number of nitriles is 1. The van der Waals surface area contributed by atoms with Crippen LogP contribution in [0.1, 0.15) is 0 Å². The molecule has 9 heavy (non-hydrogen) atoms. The Balaban J connectivity index is 2.81. The van der Waals surface area contributed by atoms with Crippen LogP contribution in [0.25, 0.3) is 0 Å². The molecule has 0 aromatic rings. The number of rotatable bonds is 0. The van der Waals surface area contributed by atoms with Gasteiger partial charge in [-0.2, -0.15) is 5.26 Å². The molecule has 3 heteroatoms. The van der Waals surface area contributed by atoms with Crippen molar-refractivity contribution in [2.24, 2.45) is 10.9 Å².